The van der Waals surface area contributed by atoms with E-state index >= 15 is 0 Å². The van der Waals surface area contributed by atoms with E-state index in [4.69, 9.17) is 0 Å². The molecule has 3 fully saturated rings. The zero-order chi connectivity index (χ0) is 14.1. The molecule has 2 heteroatoms. The lowest BCUT2D eigenvalue weighted by molar-refractivity contribution is 0.0496. The summed E-state index contributed by atoms with van der Waals surface area (Å²) in [6, 6.07) is 3.50. The minimum absolute atomic E-state index is 0.808. The number of fused-ring (bicyclic) bond motifs is 2. The van der Waals surface area contributed by atoms with Gasteiger partial charge in [-0.2, -0.15) is 0 Å². The maximum absolute atomic E-state index is 3.79. The molecular weight excluding hydrogens is 244 g/mol. The summed E-state index contributed by atoms with van der Waals surface area (Å²) in [5.74, 6) is 1.93. The van der Waals surface area contributed by atoms with E-state index in [0.717, 1.165) is 36.0 Å². The Hall–Kier alpha value is -0.0800. The first-order chi connectivity index (χ1) is 9.74. The summed E-state index contributed by atoms with van der Waals surface area (Å²) in [7, 11) is 0. The van der Waals surface area contributed by atoms with Crippen molar-refractivity contribution in [1.29, 1.82) is 0 Å². The highest BCUT2D eigenvalue weighted by Gasteiger charge is 2.47. The molecule has 2 bridgehead atoms. The number of nitrogens with one attached hydrogen (secondary N) is 1. The molecule has 1 saturated carbocycles. The third-order valence-corrected chi connectivity index (χ3v) is 6.56. The Balaban J connectivity index is 1.62. The van der Waals surface area contributed by atoms with Crippen LogP contribution in [0.25, 0.3) is 0 Å². The summed E-state index contributed by atoms with van der Waals surface area (Å²) in [5, 5.41) is 3.79. The van der Waals surface area contributed by atoms with Crippen molar-refractivity contribution in [3.05, 3.63) is 0 Å². The quantitative estimate of drug-likeness (QED) is 0.823. The molecule has 0 aromatic rings. The van der Waals surface area contributed by atoms with Gasteiger partial charge in [0.05, 0.1) is 0 Å². The molecule has 0 amide bonds. The van der Waals surface area contributed by atoms with E-state index in [2.05, 4.69) is 31.0 Å². The fraction of sp³-hybridized carbons (Fsp3) is 1.00. The van der Waals surface area contributed by atoms with Crippen LogP contribution in [-0.4, -0.2) is 35.6 Å². The molecule has 1 aliphatic carbocycles. The Labute approximate surface area is 125 Å². The normalized spacial score (nSPS) is 45.1. The van der Waals surface area contributed by atoms with Crippen molar-refractivity contribution in [1.82, 2.24) is 10.2 Å². The van der Waals surface area contributed by atoms with Gasteiger partial charge in [0, 0.05) is 24.2 Å². The van der Waals surface area contributed by atoms with Gasteiger partial charge in [-0.25, -0.2) is 0 Å². The number of hydrogen-bond acceptors (Lipinski definition) is 2. The van der Waals surface area contributed by atoms with Crippen molar-refractivity contribution in [3.8, 4) is 0 Å². The molecule has 20 heavy (non-hydrogen) atoms. The predicted molar refractivity (Wildman–Crippen MR) is 85.9 cm³/mol. The zero-order valence-corrected chi connectivity index (χ0v) is 13.8. The van der Waals surface area contributed by atoms with E-state index in [0.29, 0.717) is 0 Å². The van der Waals surface area contributed by atoms with Crippen LogP contribution in [0.3, 0.4) is 0 Å². The molecule has 0 radical (unpaired) electrons. The van der Waals surface area contributed by atoms with Crippen molar-refractivity contribution >= 4 is 0 Å². The van der Waals surface area contributed by atoms with Crippen LogP contribution in [0, 0.1) is 11.8 Å². The van der Waals surface area contributed by atoms with Crippen LogP contribution >= 0.6 is 0 Å². The molecular formula is C18H34N2. The minimum atomic E-state index is 0.808. The van der Waals surface area contributed by atoms with Crippen molar-refractivity contribution in [2.75, 3.05) is 6.54 Å². The second-order valence-corrected chi connectivity index (χ2v) is 7.63. The van der Waals surface area contributed by atoms with Gasteiger partial charge in [-0.15, -0.1) is 0 Å². The van der Waals surface area contributed by atoms with Gasteiger partial charge >= 0.3 is 0 Å². The first-order valence-electron chi connectivity index (χ1n) is 9.25. The van der Waals surface area contributed by atoms with E-state index < -0.39 is 0 Å². The van der Waals surface area contributed by atoms with E-state index in [1.807, 2.05) is 0 Å². The topological polar surface area (TPSA) is 15.3 Å². The first-order valence-corrected chi connectivity index (χ1v) is 9.25. The van der Waals surface area contributed by atoms with Crippen molar-refractivity contribution in [2.24, 2.45) is 11.8 Å². The molecule has 3 rings (SSSR count). The molecule has 2 heterocycles. The third-order valence-electron chi connectivity index (χ3n) is 6.56. The standard InChI is InChI=1S/C18H34N2/c1-4-10-19-15-11-16-7-8-17(12-15)20(16)18-9-6-14(5-2)13(18)3/h13-19H,4-12H2,1-3H3. The molecule has 2 nitrogen and oxygen atoms in total. The summed E-state index contributed by atoms with van der Waals surface area (Å²) >= 11 is 0. The van der Waals surface area contributed by atoms with Gasteiger partial charge in [0.1, 0.15) is 0 Å². The van der Waals surface area contributed by atoms with Crippen molar-refractivity contribution < 1.29 is 0 Å². The van der Waals surface area contributed by atoms with E-state index in [9.17, 15) is 0 Å². The van der Waals surface area contributed by atoms with Crippen LogP contribution in [-0.2, 0) is 0 Å². The summed E-state index contributed by atoms with van der Waals surface area (Å²) < 4.78 is 0. The Morgan fingerprint density at radius 1 is 1.00 bits per heavy atom. The lowest BCUT2D eigenvalue weighted by atomic mass is 9.89. The van der Waals surface area contributed by atoms with Gasteiger partial charge < -0.3 is 5.32 Å². The average Bonchev–Trinajstić information content (AvgIpc) is 2.93. The SMILES string of the molecule is CCCNC1CC2CCC(C1)N2C1CCC(CC)C1C. The molecule has 0 aromatic heterocycles. The summed E-state index contributed by atoms with van der Waals surface area (Å²) in [5.41, 5.74) is 0. The van der Waals surface area contributed by atoms with Crippen LogP contribution in [0.4, 0.5) is 0 Å². The molecule has 0 spiro atoms. The molecule has 5 atom stereocenters. The monoisotopic (exact) mass is 278 g/mol. The number of hydrogen-bond donors (Lipinski definition) is 1. The van der Waals surface area contributed by atoms with Crippen LogP contribution < -0.4 is 5.32 Å². The molecule has 1 N–H and O–H groups in total. The maximum atomic E-state index is 3.79. The Morgan fingerprint density at radius 2 is 1.70 bits per heavy atom. The lowest BCUT2D eigenvalue weighted by Gasteiger charge is -2.44. The van der Waals surface area contributed by atoms with Gasteiger partial charge in [-0.3, -0.25) is 4.90 Å². The van der Waals surface area contributed by atoms with Crippen LogP contribution in [0.2, 0.25) is 0 Å². The van der Waals surface area contributed by atoms with Gasteiger partial charge in [-0.1, -0.05) is 27.2 Å². The Bertz CT molecular complexity index is 303. The minimum Gasteiger partial charge on any atom is -0.314 e. The van der Waals surface area contributed by atoms with Gasteiger partial charge in [0.15, 0.2) is 0 Å². The molecule has 2 aliphatic heterocycles. The molecule has 116 valence electrons. The second kappa shape index (κ2) is 6.36. The fourth-order valence-corrected chi connectivity index (χ4v) is 5.49. The number of nitrogens with zero attached hydrogens (tertiary/aromatic N) is 1. The molecule has 3 aliphatic rings. The third kappa shape index (κ3) is 2.66. The molecule has 5 unspecified atom stereocenters. The average molecular weight is 278 g/mol. The second-order valence-electron chi connectivity index (χ2n) is 7.63. The number of piperidine rings is 1. The molecule has 0 aromatic carbocycles. The van der Waals surface area contributed by atoms with E-state index in [-0.39, 0.29) is 0 Å². The highest BCUT2D eigenvalue weighted by molar-refractivity contribution is 5.03. The smallest absolute Gasteiger partial charge is 0.0129 e. The van der Waals surface area contributed by atoms with Crippen LogP contribution in [0.15, 0.2) is 0 Å². The highest BCUT2D eigenvalue weighted by Crippen LogP contribution is 2.45. The highest BCUT2D eigenvalue weighted by atomic mass is 15.3. The van der Waals surface area contributed by atoms with Crippen LogP contribution in [0.5, 0.6) is 0 Å². The van der Waals surface area contributed by atoms with Crippen molar-refractivity contribution in [2.45, 2.75) is 96.3 Å². The zero-order valence-electron chi connectivity index (χ0n) is 13.8. The summed E-state index contributed by atoms with van der Waals surface area (Å²) in [6.45, 7) is 8.41. The van der Waals surface area contributed by atoms with Crippen LogP contribution in [0.1, 0.15) is 72.1 Å². The summed E-state index contributed by atoms with van der Waals surface area (Å²) in [6.07, 6.45) is 11.4. The lowest BCUT2D eigenvalue weighted by Crippen LogP contribution is -2.54. The predicted octanol–water partition coefficient (Wildman–Crippen LogP) is 3.81. The largest absolute Gasteiger partial charge is 0.314 e. The first kappa shape index (κ1) is 14.8. The van der Waals surface area contributed by atoms with Gasteiger partial charge in [-0.05, 0) is 63.3 Å². The fourth-order valence-electron chi connectivity index (χ4n) is 5.49. The number of rotatable bonds is 5. The van der Waals surface area contributed by atoms with Gasteiger partial charge in [0.2, 0.25) is 0 Å². The van der Waals surface area contributed by atoms with E-state index in [1.165, 1.54) is 57.9 Å². The Kier molecular flexibility index (Phi) is 4.72. The van der Waals surface area contributed by atoms with E-state index in [1.54, 1.807) is 0 Å². The summed E-state index contributed by atoms with van der Waals surface area (Å²) in [4.78, 5) is 2.99. The maximum Gasteiger partial charge on any atom is 0.0129 e. The van der Waals surface area contributed by atoms with Gasteiger partial charge in [0.25, 0.3) is 0 Å². The molecule has 2 saturated heterocycles. The Morgan fingerprint density at radius 3 is 2.25 bits per heavy atom. The van der Waals surface area contributed by atoms with Crippen molar-refractivity contribution in [3.63, 3.8) is 0 Å².